The van der Waals surface area contributed by atoms with Crippen molar-refractivity contribution in [3.8, 4) is 0 Å². The summed E-state index contributed by atoms with van der Waals surface area (Å²) < 4.78 is 2.69. The monoisotopic (exact) mass is 403 g/mol. The maximum Gasteiger partial charge on any atom is 0.253 e. The highest BCUT2D eigenvalue weighted by molar-refractivity contribution is 9.10. The Labute approximate surface area is 153 Å². The number of amides is 1. The standard InChI is InChI=1S/C18H15BrClN3O/c19-15-6-7-17(20)16(10-15)18(24)21-11-13-2-4-14(5-3-13)12-23-9-1-8-22-23/h1-10H,11-12H2,(H,21,24). The van der Waals surface area contributed by atoms with Crippen LogP contribution in [-0.2, 0) is 13.1 Å². The van der Waals surface area contributed by atoms with Crippen molar-refractivity contribution in [2.45, 2.75) is 13.1 Å². The molecule has 1 amide bonds. The summed E-state index contributed by atoms with van der Waals surface area (Å²) in [6.07, 6.45) is 3.69. The lowest BCUT2D eigenvalue weighted by atomic mass is 10.1. The number of carbonyl (C=O) groups excluding carboxylic acids is 1. The maximum atomic E-state index is 12.2. The summed E-state index contributed by atoms with van der Waals surface area (Å²) in [5.74, 6) is -0.193. The van der Waals surface area contributed by atoms with Crippen molar-refractivity contribution in [1.82, 2.24) is 15.1 Å². The zero-order valence-corrected chi connectivity index (χ0v) is 15.1. The number of rotatable bonds is 5. The second-order valence-electron chi connectivity index (χ2n) is 5.33. The van der Waals surface area contributed by atoms with Gasteiger partial charge in [0.1, 0.15) is 0 Å². The van der Waals surface area contributed by atoms with Gasteiger partial charge in [0.25, 0.3) is 5.91 Å². The molecule has 3 aromatic rings. The van der Waals surface area contributed by atoms with E-state index in [1.54, 1.807) is 24.4 Å². The summed E-state index contributed by atoms with van der Waals surface area (Å²) in [4.78, 5) is 12.2. The van der Waals surface area contributed by atoms with Gasteiger partial charge in [0.05, 0.1) is 17.1 Å². The number of aromatic nitrogens is 2. The molecule has 0 aliphatic heterocycles. The molecule has 122 valence electrons. The van der Waals surface area contributed by atoms with E-state index in [-0.39, 0.29) is 5.91 Å². The topological polar surface area (TPSA) is 46.9 Å². The van der Waals surface area contributed by atoms with Crippen LogP contribution in [0, 0.1) is 0 Å². The van der Waals surface area contributed by atoms with Crippen molar-refractivity contribution in [2.75, 3.05) is 0 Å². The van der Waals surface area contributed by atoms with Gasteiger partial charge in [-0.25, -0.2) is 0 Å². The van der Waals surface area contributed by atoms with Crippen LogP contribution in [0.5, 0.6) is 0 Å². The lowest BCUT2D eigenvalue weighted by molar-refractivity contribution is 0.0951. The number of hydrogen-bond acceptors (Lipinski definition) is 2. The Morgan fingerprint density at radius 1 is 1.17 bits per heavy atom. The number of hydrogen-bond donors (Lipinski definition) is 1. The summed E-state index contributed by atoms with van der Waals surface area (Å²) in [5, 5.41) is 7.51. The van der Waals surface area contributed by atoms with E-state index in [2.05, 4.69) is 26.3 Å². The molecular weight excluding hydrogens is 390 g/mol. The Morgan fingerprint density at radius 3 is 2.62 bits per heavy atom. The van der Waals surface area contributed by atoms with Crippen molar-refractivity contribution >= 4 is 33.4 Å². The predicted molar refractivity (Wildman–Crippen MR) is 98.1 cm³/mol. The zero-order valence-electron chi connectivity index (χ0n) is 12.7. The Balaban J connectivity index is 1.60. The van der Waals surface area contributed by atoms with E-state index in [0.717, 1.165) is 22.1 Å². The van der Waals surface area contributed by atoms with Gasteiger partial charge in [0.2, 0.25) is 0 Å². The first-order chi connectivity index (χ1) is 11.6. The number of benzene rings is 2. The third-order valence-electron chi connectivity index (χ3n) is 3.55. The molecule has 0 fully saturated rings. The third kappa shape index (κ3) is 4.24. The number of carbonyl (C=O) groups is 1. The van der Waals surface area contributed by atoms with Gasteiger partial charge in [-0.05, 0) is 35.4 Å². The summed E-state index contributed by atoms with van der Waals surface area (Å²) in [7, 11) is 0. The van der Waals surface area contributed by atoms with Gasteiger partial charge in [-0.15, -0.1) is 0 Å². The van der Waals surface area contributed by atoms with Gasteiger partial charge in [-0.1, -0.05) is 51.8 Å². The van der Waals surface area contributed by atoms with E-state index >= 15 is 0 Å². The van der Waals surface area contributed by atoms with Crippen LogP contribution in [0.2, 0.25) is 5.02 Å². The predicted octanol–water partition coefficient (Wildman–Crippen LogP) is 4.28. The van der Waals surface area contributed by atoms with Crippen molar-refractivity contribution in [2.24, 2.45) is 0 Å². The molecule has 1 heterocycles. The first-order valence-electron chi connectivity index (χ1n) is 7.40. The van der Waals surface area contributed by atoms with E-state index < -0.39 is 0 Å². The molecule has 0 bridgehead atoms. The highest BCUT2D eigenvalue weighted by Gasteiger charge is 2.10. The van der Waals surface area contributed by atoms with E-state index in [9.17, 15) is 4.79 Å². The lowest BCUT2D eigenvalue weighted by Gasteiger charge is -2.08. The molecule has 0 saturated carbocycles. The normalized spacial score (nSPS) is 10.6. The smallest absolute Gasteiger partial charge is 0.253 e. The molecular formula is C18H15BrClN3O. The minimum atomic E-state index is -0.193. The molecule has 6 heteroatoms. The zero-order chi connectivity index (χ0) is 16.9. The number of halogens is 2. The van der Waals surface area contributed by atoms with Crippen molar-refractivity contribution in [3.05, 3.63) is 87.1 Å². The first kappa shape index (κ1) is 16.7. The van der Waals surface area contributed by atoms with Crippen LogP contribution in [0.4, 0.5) is 0 Å². The minimum Gasteiger partial charge on any atom is -0.348 e. The Kier molecular flexibility index (Phi) is 5.33. The Bertz CT molecular complexity index is 832. The summed E-state index contributed by atoms with van der Waals surface area (Å²) in [6.45, 7) is 1.18. The summed E-state index contributed by atoms with van der Waals surface area (Å²) >= 11 is 9.42. The second kappa shape index (κ2) is 7.64. The van der Waals surface area contributed by atoms with Crippen LogP contribution in [0.3, 0.4) is 0 Å². The van der Waals surface area contributed by atoms with Crippen molar-refractivity contribution in [1.29, 1.82) is 0 Å². The Morgan fingerprint density at radius 2 is 1.92 bits per heavy atom. The quantitative estimate of drug-likeness (QED) is 0.690. The van der Waals surface area contributed by atoms with Crippen LogP contribution >= 0.6 is 27.5 Å². The van der Waals surface area contributed by atoms with Gasteiger partial charge in [0, 0.05) is 23.4 Å². The fourth-order valence-corrected chi connectivity index (χ4v) is 2.86. The van der Waals surface area contributed by atoms with Gasteiger partial charge in [-0.2, -0.15) is 5.10 Å². The fraction of sp³-hybridized carbons (Fsp3) is 0.111. The van der Waals surface area contributed by atoms with Gasteiger partial charge >= 0.3 is 0 Å². The highest BCUT2D eigenvalue weighted by atomic mass is 79.9. The van der Waals surface area contributed by atoms with E-state index in [0.29, 0.717) is 17.1 Å². The van der Waals surface area contributed by atoms with Gasteiger partial charge in [-0.3, -0.25) is 9.48 Å². The highest BCUT2D eigenvalue weighted by Crippen LogP contribution is 2.21. The molecule has 2 aromatic carbocycles. The fourth-order valence-electron chi connectivity index (χ4n) is 2.29. The molecule has 1 aromatic heterocycles. The molecule has 4 nitrogen and oxygen atoms in total. The average Bonchev–Trinajstić information content (AvgIpc) is 3.09. The maximum absolute atomic E-state index is 12.2. The van der Waals surface area contributed by atoms with Crippen LogP contribution in [-0.4, -0.2) is 15.7 Å². The second-order valence-corrected chi connectivity index (χ2v) is 6.65. The molecule has 24 heavy (non-hydrogen) atoms. The molecule has 3 rings (SSSR count). The van der Waals surface area contributed by atoms with E-state index in [1.807, 2.05) is 41.2 Å². The van der Waals surface area contributed by atoms with Gasteiger partial charge < -0.3 is 5.32 Å². The minimum absolute atomic E-state index is 0.193. The van der Waals surface area contributed by atoms with Crippen LogP contribution in [0.1, 0.15) is 21.5 Å². The molecule has 0 saturated heterocycles. The number of nitrogens with zero attached hydrogens (tertiary/aromatic N) is 2. The molecule has 0 atom stereocenters. The SMILES string of the molecule is O=C(NCc1ccc(Cn2cccn2)cc1)c1cc(Br)ccc1Cl. The molecule has 0 radical (unpaired) electrons. The van der Waals surface area contributed by atoms with Crippen LogP contribution in [0.25, 0.3) is 0 Å². The van der Waals surface area contributed by atoms with Crippen LogP contribution < -0.4 is 5.32 Å². The van der Waals surface area contributed by atoms with E-state index in [1.165, 1.54) is 0 Å². The summed E-state index contributed by atoms with van der Waals surface area (Å²) in [6, 6.07) is 15.2. The molecule has 0 spiro atoms. The molecule has 0 aliphatic rings. The largest absolute Gasteiger partial charge is 0.348 e. The van der Waals surface area contributed by atoms with Crippen molar-refractivity contribution < 1.29 is 4.79 Å². The number of nitrogens with one attached hydrogen (secondary N) is 1. The summed E-state index contributed by atoms with van der Waals surface area (Å²) in [5.41, 5.74) is 2.64. The Hall–Kier alpha value is -2.11. The molecule has 1 N–H and O–H groups in total. The van der Waals surface area contributed by atoms with Gasteiger partial charge in [0.15, 0.2) is 0 Å². The molecule has 0 unspecified atom stereocenters. The average molecular weight is 405 g/mol. The lowest BCUT2D eigenvalue weighted by Crippen LogP contribution is -2.23. The first-order valence-corrected chi connectivity index (χ1v) is 8.57. The van der Waals surface area contributed by atoms with Crippen LogP contribution in [0.15, 0.2) is 65.4 Å². The van der Waals surface area contributed by atoms with E-state index in [4.69, 9.17) is 11.6 Å². The molecule has 0 aliphatic carbocycles. The third-order valence-corrected chi connectivity index (χ3v) is 4.38. The van der Waals surface area contributed by atoms with Crippen molar-refractivity contribution in [3.63, 3.8) is 0 Å².